The van der Waals surface area contributed by atoms with E-state index in [-0.39, 0.29) is 18.3 Å². The molecule has 0 spiro atoms. The molecule has 3 aliphatic heterocycles. The minimum Gasteiger partial charge on any atom is -0.490 e. The molecule has 3 aliphatic rings. The SMILES string of the molecule is c1cc(Cc2ccccc2OCC2CO2)cc(Cc2cccc(Cc3cccc(Cc4ccccc4OCC4CO4)c3)c2OCC2CO2)c1. The lowest BCUT2D eigenvalue weighted by atomic mass is 9.94. The van der Waals surface area contributed by atoms with Crippen molar-refractivity contribution in [3.05, 3.63) is 160 Å². The van der Waals surface area contributed by atoms with E-state index >= 15 is 0 Å². The third-order valence-corrected chi connectivity index (χ3v) is 9.15. The summed E-state index contributed by atoms with van der Waals surface area (Å²) in [6.45, 7) is 4.12. The van der Waals surface area contributed by atoms with E-state index in [1.54, 1.807) is 0 Å². The maximum atomic E-state index is 6.54. The van der Waals surface area contributed by atoms with Crippen LogP contribution in [0.4, 0.5) is 0 Å². The zero-order valence-electron chi connectivity index (χ0n) is 27.7. The maximum absolute atomic E-state index is 6.54. The first kappa shape index (κ1) is 31.6. The van der Waals surface area contributed by atoms with E-state index in [1.807, 2.05) is 12.1 Å². The molecule has 0 bridgehead atoms. The highest BCUT2D eigenvalue weighted by molar-refractivity contribution is 5.48. The van der Waals surface area contributed by atoms with Crippen LogP contribution in [0.3, 0.4) is 0 Å². The van der Waals surface area contributed by atoms with Gasteiger partial charge in [0.1, 0.15) is 55.4 Å². The lowest BCUT2D eigenvalue weighted by molar-refractivity contribution is 0.259. The number of epoxide rings is 3. The van der Waals surface area contributed by atoms with Crippen LogP contribution in [0.25, 0.3) is 0 Å². The molecule has 0 aliphatic carbocycles. The van der Waals surface area contributed by atoms with Crippen molar-refractivity contribution in [1.29, 1.82) is 0 Å². The Kier molecular flexibility index (Phi) is 9.60. The Labute approximate surface area is 288 Å². The molecule has 3 heterocycles. The normalized spacial score (nSPS) is 18.9. The number of ether oxygens (including phenoxy) is 6. The van der Waals surface area contributed by atoms with Crippen LogP contribution < -0.4 is 14.2 Å². The van der Waals surface area contributed by atoms with Crippen LogP contribution in [0.2, 0.25) is 0 Å². The molecular formula is C43H42O6. The van der Waals surface area contributed by atoms with Gasteiger partial charge in [-0.05, 0) is 56.6 Å². The maximum Gasteiger partial charge on any atom is 0.126 e. The Morgan fingerprint density at radius 1 is 0.408 bits per heavy atom. The van der Waals surface area contributed by atoms with Gasteiger partial charge in [-0.1, -0.05) is 103 Å². The van der Waals surface area contributed by atoms with Gasteiger partial charge in [-0.15, -0.1) is 0 Å². The summed E-state index contributed by atoms with van der Waals surface area (Å²) in [5.74, 6) is 2.83. The molecule has 0 aromatic heterocycles. The molecule has 6 heteroatoms. The van der Waals surface area contributed by atoms with Crippen LogP contribution >= 0.6 is 0 Å². The lowest BCUT2D eigenvalue weighted by Gasteiger charge is -2.17. The summed E-state index contributed by atoms with van der Waals surface area (Å²) < 4.78 is 34.9. The predicted octanol–water partition coefficient (Wildman–Crippen LogP) is 7.38. The molecule has 0 amide bonds. The number of rotatable bonds is 17. The molecule has 6 nitrogen and oxygen atoms in total. The first-order chi connectivity index (χ1) is 24.2. The van der Waals surface area contributed by atoms with E-state index in [4.69, 9.17) is 28.4 Å². The molecule has 250 valence electrons. The summed E-state index contributed by atoms with van der Waals surface area (Å²) >= 11 is 0. The van der Waals surface area contributed by atoms with Crippen molar-refractivity contribution < 1.29 is 28.4 Å². The fourth-order valence-electron chi connectivity index (χ4n) is 6.30. The standard InChI is InChI=1S/C43H42O6/c1-3-16-41(47-27-38-24-44-38)34(12-1)20-30-8-5-10-32(18-30)22-36-14-7-15-37(43(36)49-29-40-26-46-40)23-33-11-6-9-31(19-33)21-35-13-2-4-17-42(35)48-28-39-25-45-39/h1-19,38-40H,20-29H2. The number of para-hydroxylation sites is 3. The Balaban J connectivity index is 0.992. The van der Waals surface area contributed by atoms with Crippen LogP contribution in [-0.2, 0) is 39.9 Å². The van der Waals surface area contributed by atoms with Crippen LogP contribution in [0.5, 0.6) is 17.2 Å². The van der Waals surface area contributed by atoms with Gasteiger partial charge < -0.3 is 28.4 Å². The van der Waals surface area contributed by atoms with Crippen LogP contribution in [-0.4, -0.2) is 58.0 Å². The zero-order chi connectivity index (χ0) is 32.8. The highest BCUT2D eigenvalue weighted by atomic mass is 16.6. The second-order valence-corrected chi connectivity index (χ2v) is 13.3. The Morgan fingerprint density at radius 2 is 0.755 bits per heavy atom. The molecule has 0 saturated carbocycles. The fourth-order valence-corrected chi connectivity index (χ4v) is 6.30. The largest absolute Gasteiger partial charge is 0.490 e. The molecule has 0 N–H and O–H groups in total. The van der Waals surface area contributed by atoms with Gasteiger partial charge in [-0.3, -0.25) is 0 Å². The minimum atomic E-state index is 0.176. The summed E-state index contributed by atoms with van der Waals surface area (Å²) in [4.78, 5) is 0. The molecule has 0 radical (unpaired) electrons. The van der Waals surface area contributed by atoms with Gasteiger partial charge in [0.25, 0.3) is 0 Å². The van der Waals surface area contributed by atoms with Crippen molar-refractivity contribution >= 4 is 0 Å². The smallest absolute Gasteiger partial charge is 0.126 e. The van der Waals surface area contributed by atoms with E-state index in [1.165, 1.54) is 44.5 Å². The lowest BCUT2D eigenvalue weighted by Crippen LogP contribution is -2.09. The van der Waals surface area contributed by atoms with Crippen LogP contribution in [0, 0.1) is 0 Å². The predicted molar refractivity (Wildman–Crippen MR) is 189 cm³/mol. The number of benzene rings is 5. The summed E-state index contributed by atoms with van der Waals surface area (Å²) in [6.07, 6.45) is 3.81. The van der Waals surface area contributed by atoms with Crippen molar-refractivity contribution in [2.45, 2.75) is 44.0 Å². The first-order valence-corrected chi connectivity index (χ1v) is 17.4. The van der Waals surface area contributed by atoms with Gasteiger partial charge in [0.2, 0.25) is 0 Å². The van der Waals surface area contributed by atoms with E-state index in [0.717, 1.165) is 62.8 Å². The molecule has 3 fully saturated rings. The van der Waals surface area contributed by atoms with E-state index < -0.39 is 0 Å². The molecular weight excluding hydrogens is 612 g/mol. The van der Waals surface area contributed by atoms with Crippen molar-refractivity contribution in [3.8, 4) is 17.2 Å². The fraction of sp³-hybridized carbons (Fsp3) is 0.302. The minimum absolute atomic E-state index is 0.176. The first-order valence-electron chi connectivity index (χ1n) is 17.4. The highest BCUT2D eigenvalue weighted by Gasteiger charge is 2.26. The van der Waals surface area contributed by atoms with E-state index in [9.17, 15) is 0 Å². The van der Waals surface area contributed by atoms with Gasteiger partial charge in [0.15, 0.2) is 0 Å². The van der Waals surface area contributed by atoms with Crippen LogP contribution in [0.1, 0.15) is 44.5 Å². The molecule has 3 unspecified atom stereocenters. The third-order valence-electron chi connectivity index (χ3n) is 9.15. The second-order valence-electron chi connectivity index (χ2n) is 13.3. The van der Waals surface area contributed by atoms with Gasteiger partial charge in [0, 0.05) is 25.7 Å². The topological polar surface area (TPSA) is 65.3 Å². The molecule has 8 rings (SSSR count). The average molecular weight is 655 g/mol. The summed E-state index contributed by atoms with van der Waals surface area (Å²) in [5.41, 5.74) is 9.75. The summed E-state index contributed by atoms with van der Waals surface area (Å²) in [6, 6.07) is 40.9. The molecule has 3 atom stereocenters. The number of hydrogen-bond donors (Lipinski definition) is 0. The van der Waals surface area contributed by atoms with Gasteiger partial charge in [-0.2, -0.15) is 0 Å². The second kappa shape index (κ2) is 14.9. The van der Waals surface area contributed by atoms with Crippen molar-refractivity contribution in [2.75, 3.05) is 39.6 Å². The highest BCUT2D eigenvalue weighted by Crippen LogP contribution is 2.31. The zero-order valence-corrected chi connectivity index (χ0v) is 27.7. The molecule has 3 saturated heterocycles. The number of hydrogen-bond acceptors (Lipinski definition) is 6. The quantitative estimate of drug-likeness (QED) is 0.0976. The average Bonchev–Trinajstić information content (AvgIpc) is 3.96. The van der Waals surface area contributed by atoms with E-state index in [0.29, 0.717) is 19.8 Å². The molecule has 5 aromatic rings. The Bertz CT molecular complexity index is 1750. The summed E-state index contributed by atoms with van der Waals surface area (Å²) in [5, 5.41) is 0. The van der Waals surface area contributed by atoms with Gasteiger partial charge in [0.05, 0.1) is 19.8 Å². The Hall–Kier alpha value is -4.62. The summed E-state index contributed by atoms with van der Waals surface area (Å²) in [7, 11) is 0. The van der Waals surface area contributed by atoms with Crippen molar-refractivity contribution in [3.63, 3.8) is 0 Å². The van der Waals surface area contributed by atoms with Crippen molar-refractivity contribution in [1.82, 2.24) is 0 Å². The van der Waals surface area contributed by atoms with Gasteiger partial charge in [-0.25, -0.2) is 0 Å². The Morgan fingerprint density at radius 3 is 1.18 bits per heavy atom. The van der Waals surface area contributed by atoms with Crippen LogP contribution in [0.15, 0.2) is 115 Å². The van der Waals surface area contributed by atoms with E-state index in [2.05, 4.69) is 103 Å². The van der Waals surface area contributed by atoms with Crippen molar-refractivity contribution in [2.24, 2.45) is 0 Å². The monoisotopic (exact) mass is 654 g/mol. The third kappa shape index (κ3) is 8.90. The molecule has 49 heavy (non-hydrogen) atoms. The molecule has 5 aromatic carbocycles. The van der Waals surface area contributed by atoms with Gasteiger partial charge >= 0.3 is 0 Å².